The molecule has 0 aliphatic heterocycles. The Morgan fingerprint density at radius 1 is 1.20 bits per heavy atom. The number of hydrogen-bond acceptors (Lipinski definition) is 2. The molecule has 4 heteroatoms. The van der Waals surface area contributed by atoms with Gasteiger partial charge in [0.05, 0.1) is 5.69 Å². The molecule has 2 rings (SSSR count). The van der Waals surface area contributed by atoms with Crippen LogP contribution in [0, 0.1) is 0 Å². The second kappa shape index (κ2) is 3.57. The lowest BCUT2D eigenvalue weighted by atomic mass is 10.3. The predicted octanol–water partition coefficient (Wildman–Crippen LogP) is 0.989. The molecular weight excluding hydrogens is 192 g/mol. The molecular formula is C11H10N2O2. The number of carbonyl (C=O) groups is 1. The van der Waals surface area contributed by atoms with E-state index in [-0.39, 0.29) is 5.56 Å². The van der Waals surface area contributed by atoms with Crippen molar-refractivity contribution in [1.29, 1.82) is 0 Å². The summed E-state index contributed by atoms with van der Waals surface area (Å²) in [6, 6.07) is 10.5. The molecule has 0 fully saturated rings. The summed E-state index contributed by atoms with van der Waals surface area (Å²) < 4.78 is 2.98. The number of benzene rings is 1. The fraction of sp³-hybridized carbons (Fsp3) is 0.0909. The smallest absolute Gasteiger partial charge is 0.272 e. The highest BCUT2D eigenvalue weighted by atomic mass is 16.1. The summed E-state index contributed by atoms with van der Waals surface area (Å²) >= 11 is 0. The van der Waals surface area contributed by atoms with Gasteiger partial charge < -0.3 is 0 Å². The molecule has 76 valence electrons. The summed E-state index contributed by atoms with van der Waals surface area (Å²) in [4.78, 5) is 22.3. The number of para-hydroxylation sites is 1. The maximum atomic E-state index is 11.6. The number of carbonyl (C=O) groups excluding carboxylic acids is 1. The molecule has 0 amide bonds. The number of hydrogen-bond donors (Lipinski definition) is 0. The van der Waals surface area contributed by atoms with Gasteiger partial charge >= 0.3 is 0 Å². The van der Waals surface area contributed by atoms with Crippen molar-refractivity contribution < 1.29 is 4.79 Å². The fourth-order valence-electron chi connectivity index (χ4n) is 1.52. The summed E-state index contributed by atoms with van der Waals surface area (Å²) in [7, 11) is 1.68. The first-order valence-electron chi connectivity index (χ1n) is 4.53. The van der Waals surface area contributed by atoms with Gasteiger partial charge in [-0.1, -0.05) is 18.2 Å². The minimum atomic E-state index is -0.203. The third-order valence-corrected chi connectivity index (χ3v) is 2.28. The van der Waals surface area contributed by atoms with Gasteiger partial charge in [0.1, 0.15) is 5.69 Å². The average Bonchev–Trinajstić information content (AvgIpc) is 2.55. The van der Waals surface area contributed by atoms with E-state index in [0.29, 0.717) is 12.0 Å². The van der Waals surface area contributed by atoms with Crippen LogP contribution in [0.15, 0.2) is 41.2 Å². The van der Waals surface area contributed by atoms with Crippen molar-refractivity contribution in [2.45, 2.75) is 0 Å². The number of rotatable bonds is 2. The van der Waals surface area contributed by atoms with E-state index in [4.69, 9.17) is 0 Å². The Kier molecular flexibility index (Phi) is 2.25. The van der Waals surface area contributed by atoms with Gasteiger partial charge in [0.15, 0.2) is 6.29 Å². The zero-order valence-electron chi connectivity index (χ0n) is 8.25. The molecule has 1 aromatic carbocycles. The van der Waals surface area contributed by atoms with Crippen LogP contribution in [0.1, 0.15) is 10.5 Å². The van der Waals surface area contributed by atoms with E-state index in [1.807, 2.05) is 30.3 Å². The van der Waals surface area contributed by atoms with Gasteiger partial charge in [-0.3, -0.25) is 14.3 Å². The van der Waals surface area contributed by atoms with E-state index in [9.17, 15) is 9.59 Å². The van der Waals surface area contributed by atoms with Gasteiger partial charge in [-0.2, -0.15) is 0 Å². The molecule has 0 saturated heterocycles. The number of aldehydes is 1. The third-order valence-electron chi connectivity index (χ3n) is 2.28. The summed E-state index contributed by atoms with van der Waals surface area (Å²) in [6.45, 7) is 0. The van der Waals surface area contributed by atoms with Crippen molar-refractivity contribution >= 4 is 6.29 Å². The van der Waals surface area contributed by atoms with Crippen LogP contribution < -0.4 is 5.56 Å². The zero-order chi connectivity index (χ0) is 10.8. The molecule has 0 saturated carbocycles. The monoisotopic (exact) mass is 202 g/mol. The number of aromatic nitrogens is 2. The van der Waals surface area contributed by atoms with Crippen molar-refractivity contribution in [2.75, 3.05) is 0 Å². The van der Waals surface area contributed by atoms with Crippen LogP contribution in [-0.4, -0.2) is 15.6 Å². The number of nitrogens with zero attached hydrogens (tertiary/aromatic N) is 2. The molecule has 0 aliphatic rings. The second-order valence-electron chi connectivity index (χ2n) is 3.20. The Bertz CT molecular complexity index is 537. The van der Waals surface area contributed by atoms with Crippen molar-refractivity contribution in [2.24, 2.45) is 7.05 Å². The fourth-order valence-corrected chi connectivity index (χ4v) is 1.52. The topological polar surface area (TPSA) is 44.0 Å². The third kappa shape index (κ3) is 1.50. The molecule has 0 atom stereocenters. The maximum absolute atomic E-state index is 11.6. The van der Waals surface area contributed by atoms with Crippen LogP contribution in [0.3, 0.4) is 0 Å². The Morgan fingerprint density at radius 2 is 1.87 bits per heavy atom. The van der Waals surface area contributed by atoms with Crippen LogP contribution in [0.5, 0.6) is 0 Å². The van der Waals surface area contributed by atoms with Crippen LogP contribution in [0.2, 0.25) is 0 Å². The van der Waals surface area contributed by atoms with Gasteiger partial charge in [0.2, 0.25) is 0 Å². The van der Waals surface area contributed by atoms with Crippen molar-refractivity contribution in [3.05, 3.63) is 52.4 Å². The lowest BCUT2D eigenvalue weighted by molar-refractivity contribution is 0.111. The normalized spacial score (nSPS) is 10.2. The molecule has 2 aromatic rings. The van der Waals surface area contributed by atoms with E-state index < -0.39 is 0 Å². The summed E-state index contributed by atoms with van der Waals surface area (Å²) in [5.41, 5.74) is 0.910. The summed E-state index contributed by atoms with van der Waals surface area (Å²) in [5.74, 6) is 0. The Morgan fingerprint density at radius 3 is 2.40 bits per heavy atom. The van der Waals surface area contributed by atoms with Crippen molar-refractivity contribution in [3.63, 3.8) is 0 Å². The first-order valence-corrected chi connectivity index (χ1v) is 4.53. The lowest BCUT2D eigenvalue weighted by Gasteiger charge is -2.07. The predicted molar refractivity (Wildman–Crippen MR) is 56.4 cm³/mol. The Labute approximate surface area is 86.4 Å². The van der Waals surface area contributed by atoms with Crippen LogP contribution >= 0.6 is 0 Å². The molecule has 0 N–H and O–H groups in total. The average molecular weight is 202 g/mol. The Balaban J connectivity index is 2.69. The highest BCUT2D eigenvalue weighted by molar-refractivity contribution is 5.71. The van der Waals surface area contributed by atoms with Gasteiger partial charge in [-0.25, -0.2) is 4.68 Å². The van der Waals surface area contributed by atoms with Crippen LogP contribution in [0.25, 0.3) is 5.69 Å². The second-order valence-corrected chi connectivity index (χ2v) is 3.20. The molecule has 4 nitrogen and oxygen atoms in total. The van der Waals surface area contributed by atoms with E-state index >= 15 is 0 Å². The molecule has 0 radical (unpaired) electrons. The van der Waals surface area contributed by atoms with Crippen LogP contribution in [-0.2, 0) is 7.05 Å². The van der Waals surface area contributed by atoms with E-state index in [2.05, 4.69) is 0 Å². The standard InChI is InChI=1S/C11H10N2O2/c1-12-10(8-14)7-11(15)13(12)9-5-3-2-4-6-9/h2-8H,1H3. The van der Waals surface area contributed by atoms with Crippen molar-refractivity contribution in [3.8, 4) is 5.69 Å². The minimum Gasteiger partial charge on any atom is -0.296 e. The molecule has 0 bridgehead atoms. The highest BCUT2D eigenvalue weighted by Gasteiger charge is 2.07. The molecule has 1 heterocycles. The highest BCUT2D eigenvalue weighted by Crippen LogP contribution is 2.04. The van der Waals surface area contributed by atoms with E-state index in [1.54, 1.807) is 7.05 Å². The molecule has 1 aromatic heterocycles. The Hall–Kier alpha value is -2.10. The summed E-state index contributed by atoms with van der Waals surface area (Å²) in [5, 5.41) is 0. The first kappa shape index (κ1) is 9.45. The van der Waals surface area contributed by atoms with Crippen LogP contribution in [0.4, 0.5) is 0 Å². The minimum absolute atomic E-state index is 0.203. The van der Waals surface area contributed by atoms with E-state index in [0.717, 1.165) is 5.69 Å². The van der Waals surface area contributed by atoms with Gasteiger partial charge in [-0.15, -0.1) is 0 Å². The van der Waals surface area contributed by atoms with E-state index in [1.165, 1.54) is 15.4 Å². The first-order chi connectivity index (χ1) is 7.24. The van der Waals surface area contributed by atoms with Gasteiger partial charge in [-0.05, 0) is 12.1 Å². The molecule has 15 heavy (non-hydrogen) atoms. The SMILES string of the molecule is Cn1c(C=O)cc(=O)n1-c1ccccc1. The summed E-state index contributed by atoms with van der Waals surface area (Å²) in [6.07, 6.45) is 0.668. The quantitative estimate of drug-likeness (QED) is 0.681. The molecule has 0 spiro atoms. The lowest BCUT2D eigenvalue weighted by Crippen LogP contribution is -2.19. The van der Waals surface area contributed by atoms with Gasteiger partial charge in [0, 0.05) is 13.1 Å². The largest absolute Gasteiger partial charge is 0.296 e. The van der Waals surface area contributed by atoms with Crippen molar-refractivity contribution in [1.82, 2.24) is 9.36 Å². The molecule has 0 aliphatic carbocycles. The maximum Gasteiger partial charge on any atom is 0.272 e. The zero-order valence-corrected chi connectivity index (χ0v) is 8.25. The van der Waals surface area contributed by atoms with Gasteiger partial charge in [0.25, 0.3) is 5.56 Å². The molecule has 0 unspecified atom stereocenters.